The van der Waals surface area contributed by atoms with Gasteiger partial charge < -0.3 is 5.73 Å². The Kier molecular flexibility index (Phi) is 8.51. The molecule has 0 aromatic heterocycles. The second-order valence-corrected chi connectivity index (χ2v) is 5.95. The molecule has 0 amide bonds. The zero-order valence-electron chi connectivity index (χ0n) is 13.1. The van der Waals surface area contributed by atoms with E-state index >= 15 is 0 Å². The normalized spacial score (nSPS) is 18.8. The molecule has 0 aromatic rings. The average molecular weight is 255 g/mol. The van der Waals surface area contributed by atoms with Crippen LogP contribution in [-0.4, -0.2) is 11.8 Å². The van der Waals surface area contributed by atoms with E-state index in [1.54, 1.807) is 0 Å². The number of ketones is 1. The Labute approximate surface area is 114 Å². The Balaban J connectivity index is 0.00000137. The molecule has 1 saturated carbocycles. The predicted octanol–water partition coefficient (Wildman–Crippen LogP) is 4.32. The largest absolute Gasteiger partial charge is 0.321 e. The van der Waals surface area contributed by atoms with Crippen molar-refractivity contribution in [3.63, 3.8) is 0 Å². The summed E-state index contributed by atoms with van der Waals surface area (Å²) in [4.78, 5) is 11.5. The molecule has 18 heavy (non-hydrogen) atoms. The Hall–Kier alpha value is -0.370. The minimum Gasteiger partial charge on any atom is -0.321 e. The van der Waals surface area contributed by atoms with Crippen molar-refractivity contribution in [3.05, 3.63) is 0 Å². The predicted molar refractivity (Wildman–Crippen MR) is 79.6 cm³/mol. The maximum absolute atomic E-state index is 11.5. The highest BCUT2D eigenvalue weighted by Crippen LogP contribution is 2.41. The molecule has 0 heterocycles. The number of carbonyl (C=O) groups excluding carboxylic acids is 1. The Morgan fingerprint density at radius 2 is 1.72 bits per heavy atom. The van der Waals surface area contributed by atoms with E-state index in [4.69, 9.17) is 5.73 Å². The summed E-state index contributed by atoms with van der Waals surface area (Å²) < 4.78 is 0. The maximum atomic E-state index is 11.5. The van der Waals surface area contributed by atoms with Crippen LogP contribution in [0.5, 0.6) is 0 Å². The zero-order valence-corrected chi connectivity index (χ0v) is 13.1. The standard InChI is InChI=1S/C14H27NO.C2H6/c1-4-13(16)12(15)10-14(2,3)11-8-6-5-7-9-11;1-2/h11-12H,4-10,15H2,1-3H3;1-2H3. The lowest BCUT2D eigenvalue weighted by Gasteiger charge is -2.38. The van der Waals surface area contributed by atoms with E-state index in [0.717, 1.165) is 12.3 Å². The smallest absolute Gasteiger partial charge is 0.149 e. The molecule has 1 unspecified atom stereocenters. The average Bonchev–Trinajstić information content (AvgIpc) is 2.40. The molecule has 0 radical (unpaired) electrons. The van der Waals surface area contributed by atoms with Gasteiger partial charge in [-0.15, -0.1) is 0 Å². The summed E-state index contributed by atoms with van der Waals surface area (Å²) in [6.45, 7) is 10.5. The molecular weight excluding hydrogens is 222 g/mol. The Morgan fingerprint density at radius 3 is 2.17 bits per heavy atom. The van der Waals surface area contributed by atoms with Crippen LogP contribution in [0.25, 0.3) is 0 Å². The second-order valence-electron chi connectivity index (χ2n) is 5.95. The second kappa shape index (κ2) is 8.68. The first-order valence-corrected chi connectivity index (χ1v) is 7.75. The highest BCUT2D eigenvalue weighted by Gasteiger charge is 2.33. The number of hydrogen-bond acceptors (Lipinski definition) is 2. The quantitative estimate of drug-likeness (QED) is 0.795. The Bertz CT molecular complexity index is 229. The number of rotatable bonds is 5. The van der Waals surface area contributed by atoms with Gasteiger partial charge in [0.1, 0.15) is 5.78 Å². The minimum absolute atomic E-state index is 0.212. The van der Waals surface area contributed by atoms with Gasteiger partial charge in [0.05, 0.1) is 6.04 Å². The third kappa shape index (κ3) is 5.51. The summed E-state index contributed by atoms with van der Waals surface area (Å²) in [6, 6.07) is -0.248. The third-order valence-electron chi connectivity index (χ3n) is 4.22. The molecule has 2 nitrogen and oxygen atoms in total. The van der Waals surface area contributed by atoms with Crippen LogP contribution in [0.15, 0.2) is 0 Å². The van der Waals surface area contributed by atoms with Crippen LogP contribution in [0.3, 0.4) is 0 Å². The van der Waals surface area contributed by atoms with E-state index in [1.807, 2.05) is 20.8 Å². The fourth-order valence-corrected chi connectivity index (χ4v) is 2.99. The van der Waals surface area contributed by atoms with Crippen LogP contribution in [0.4, 0.5) is 0 Å². The van der Waals surface area contributed by atoms with Crippen LogP contribution in [0, 0.1) is 11.3 Å². The van der Waals surface area contributed by atoms with Crippen LogP contribution < -0.4 is 5.73 Å². The topological polar surface area (TPSA) is 43.1 Å². The van der Waals surface area contributed by atoms with Gasteiger partial charge in [-0.1, -0.05) is 53.9 Å². The van der Waals surface area contributed by atoms with Crippen molar-refractivity contribution in [1.82, 2.24) is 0 Å². The first-order valence-electron chi connectivity index (χ1n) is 7.75. The summed E-state index contributed by atoms with van der Waals surface area (Å²) in [5, 5.41) is 0. The van der Waals surface area contributed by atoms with Gasteiger partial charge in [0, 0.05) is 6.42 Å². The molecule has 0 aliphatic heterocycles. The molecule has 1 aliphatic rings. The van der Waals surface area contributed by atoms with Crippen molar-refractivity contribution in [2.75, 3.05) is 0 Å². The number of carbonyl (C=O) groups is 1. The SMILES string of the molecule is CC.CCC(=O)C(N)CC(C)(C)C1CCCCC1. The van der Waals surface area contributed by atoms with E-state index in [-0.39, 0.29) is 17.2 Å². The van der Waals surface area contributed by atoms with E-state index in [2.05, 4.69) is 13.8 Å². The highest BCUT2D eigenvalue weighted by molar-refractivity contribution is 5.83. The van der Waals surface area contributed by atoms with Gasteiger partial charge >= 0.3 is 0 Å². The molecule has 1 fully saturated rings. The summed E-state index contributed by atoms with van der Waals surface area (Å²) in [5.41, 5.74) is 6.20. The minimum atomic E-state index is -0.248. The number of nitrogens with two attached hydrogens (primary N) is 1. The van der Waals surface area contributed by atoms with E-state index in [0.29, 0.717) is 6.42 Å². The van der Waals surface area contributed by atoms with Gasteiger partial charge in [-0.25, -0.2) is 0 Å². The molecule has 1 rings (SSSR count). The van der Waals surface area contributed by atoms with Crippen molar-refractivity contribution in [2.45, 2.75) is 85.6 Å². The van der Waals surface area contributed by atoms with Crippen molar-refractivity contribution < 1.29 is 4.79 Å². The highest BCUT2D eigenvalue weighted by atomic mass is 16.1. The van der Waals surface area contributed by atoms with Gasteiger partial charge in [-0.2, -0.15) is 0 Å². The molecule has 1 atom stereocenters. The van der Waals surface area contributed by atoms with Crippen LogP contribution in [-0.2, 0) is 4.79 Å². The van der Waals surface area contributed by atoms with Gasteiger partial charge in [0.15, 0.2) is 0 Å². The molecule has 2 heteroatoms. The molecule has 108 valence electrons. The number of hydrogen-bond donors (Lipinski definition) is 1. The fraction of sp³-hybridized carbons (Fsp3) is 0.938. The van der Waals surface area contributed by atoms with Crippen molar-refractivity contribution in [3.8, 4) is 0 Å². The molecular formula is C16H33NO. The monoisotopic (exact) mass is 255 g/mol. The summed E-state index contributed by atoms with van der Waals surface area (Å²) >= 11 is 0. The first-order chi connectivity index (χ1) is 8.47. The summed E-state index contributed by atoms with van der Waals surface area (Å²) in [6.07, 6.45) is 8.15. The molecule has 1 aliphatic carbocycles. The van der Waals surface area contributed by atoms with Gasteiger partial charge in [-0.3, -0.25) is 4.79 Å². The van der Waals surface area contributed by atoms with Crippen molar-refractivity contribution in [1.29, 1.82) is 0 Å². The van der Waals surface area contributed by atoms with Crippen LogP contribution >= 0.6 is 0 Å². The zero-order chi connectivity index (χ0) is 14.2. The lowest BCUT2D eigenvalue weighted by Crippen LogP contribution is -2.38. The molecule has 2 N–H and O–H groups in total. The van der Waals surface area contributed by atoms with E-state index in [1.165, 1.54) is 32.1 Å². The van der Waals surface area contributed by atoms with Crippen LogP contribution in [0.2, 0.25) is 0 Å². The van der Waals surface area contributed by atoms with Gasteiger partial charge in [0.2, 0.25) is 0 Å². The van der Waals surface area contributed by atoms with Crippen molar-refractivity contribution >= 4 is 5.78 Å². The lowest BCUT2D eigenvalue weighted by atomic mass is 9.68. The summed E-state index contributed by atoms with van der Waals surface area (Å²) in [5.74, 6) is 0.973. The molecule has 0 bridgehead atoms. The Morgan fingerprint density at radius 1 is 1.22 bits per heavy atom. The first kappa shape index (κ1) is 17.6. The third-order valence-corrected chi connectivity index (χ3v) is 4.22. The maximum Gasteiger partial charge on any atom is 0.149 e. The van der Waals surface area contributed by atoms with E-state index in [9.17, 15) is 4.79 Å². The van der Waals surface area contributed by atoms with E-state index < -0.39 is 0 Å². The molecule has 0 saturated heterocycles. The van der Waals surface area contributed by atoms with Gasteiger partial charge in [-0.05, 0) is 30.6 Å². The van der Waals surface area contributed by atoms with Gasteiger partial charge in [0.25, 0.3) is 0 Å². The summed E-state index contributed by atoms with van der Waals surface area (Å²) in [7, 11) is 0. The molecule has 0 spiro atoms. The number of Topliss-reactive ketones (excluding diaryl/α,β-unsaturated/α-hetero) is 1. The van der Waals surface area contributed by atoms with Crippen molar-refractivity contribution in [2.24, 2.45) is 17.1 Å². The molecule has 0 aromatic carbocycles. The lowest BCUT2D eigenvalue weighted by molar-refractivity contribution is -0.120. The van der Waals surface area contributed by atoms with Crippen LogP contribution in [0.1, 0.15) is 79.6 Å². The fourth-order valence-electron chi connectivity index (χ4n) is 2.99.